The van der Waals surface area contributed by atoms with Crippen LogP contribution in [0, 0.1) is 13.8 Å². The van der Waals surface area contributed by atoms with Crippen LogP contribution in [-0.4, -0.2) is 23.1 Å². The number of nitrogens with one attached hydrogen (secondary N) is 1. The monoisotopic (exact) mass is 347 g/mol. The highest BCUT2D eigenvalue weighted by atomic mass is 35.5. The van der Waals surface area contributed by atoms with Gasteiger partial charge >= 0.3 is 0 Å². The van der Waals surface area contributed by atoms with Gasteiger partial charge in [0.2, 0.25) is 0 Å². The first kappa shape index (κ1) is 18.5. The molecule has 0 saturated heterocycles. The number of ether oxygens (including phenoxy) is 1. The van der Waals surface area contributed by atoms with Crippen LogP contribution < -0.4 is 10.1 Å². The van der Waals surface area contributed by atoms with Gasteiger partial charge in [-0.15, -0.1) is 0 Å². The zero-order valence-corrected chi connectivity index (χ0v) is 15.7. The van der Waals surface area contributed by atoms with Crippen LogP contribution in [0.3, 0.4) is 0 Å². The molecule has 1 N–H and O–H groups in total. The van der Waals surface area contributed by atoms with Gasteiger partial charge < -0.3 is 10.1 Å². The lowest BCUT2D eigenvalue weighted by Crippen LogP contribution is -2.13. The van der Waals surface area contributed by atoms with Crippen molar-refractivity contribution in [3.63, 3.8) is 0 Å². The third kappa shape index (κ3) is 4.84. The van der Waals surface area contributed by atoms with Gasteiger partial charge in [-0.25, -0.2) is 9.97 Å². The molecule has 24 heavy (non-hydrogen) atoms. The summed E-state index contributed by atoms with van der Waals surface area (Å²) in [7, 11) is 0. The molecule has 4 nitrogen and oxygen atoms in total. The Morgan fingerprint density at radius 3 is 2.75 bits per heavy atom. The smallest absolute Gasteiger partial charge is 0.148 e. The third-order valence-electron chi connectivity index (χ3n) is 4.11. The summed E-state index contributed by atoms with van der Waals surface area (Å²) in [6.07, 6.45) is 3.92. The van der Waals surface area contributed by atoms with Crippen LogP contribution in [0.2, 0.25) is 5.02 Å². The molecule has 0 saturated carbocycles. The summed E-state index contributed by atoms with van der Waals surface area (Å²) in [4.78, 5) is 8.19. The molecule has 0 aliphatic rings. The molecule has 0 amide bonds. The van der Waals surface area contributed by atoms with Crippen LogP contribution in [0.5, 0.6) is 5.75 Å². The lowest BCUT2D eigenvalue weighted by atomic mass is 9.95. The van der Waals surface area contributed by atoms with Gasteiger partial charge in [0.15, 0.2) is 0 Å². The number of hydrogen-bond donors (Lipinski definition) is 1. The Morgan fingerprint density at radius 1 is 1.25 bits per heavy atom. The molecule has 1 aromatic heterocycles. The van der Waals surface area contributed by atoms with Crippen molar-refractivity contribution >= 4 is 17.4 Å². The summed E-state index contributed by atoms with van der Waals surface area (Å²) in [5.41, 5.74) is 3.32. The van der Waals surface area contributed by atoms with Crippen LogP contribution in [-0.2, 0) is 0 Å². The minimum absolute atomic E-state index is 0.546. The van der Waals surface area contributed by atoms with E-state index in [1.165, 1.54) is 30.3 Å². The van der Waals surface area contributed by atoms with Crippen molar-refractivity contribution in [3.05, 3.63) is 46.4 Å². The number of benzene rings is 1. The molecule has 5 heteroatoms. The van der Waals surface area contributed by atoms with E-state index in [-0.39, 0.29) is 0 Å². The highest BCUT2D eigenvalue weighted by Crippen LogP contribution is 2.26. The second-order valence-corrected chi connectivity index (χ2v) is 6.49. The van der Waals surface area contributed by atoms with Crippen LogP contribution >= 0.6 is 11.6 Å². The standard InChI is InChI=1S/C19H26ClN3O/c1-5-6-13(2)16-7-8-17(14(3)11-16)24-10-9-21-19-18(20)15(4)22-12-23-19/h7-8,11-13H,5-6,9-10H2,1-4H3,(H,21,22,23). The van der Waals surface area contributed by atoms with Crippen LogP contribution in [0.4, 0.5) is 5.82 Å². The van der Waals surface area contributed by atoms with E-state index in [4.69, 9.17) is 16.3 Å². The molecular weight excluding hydrogens is 322 g/mol. The van der Waals surface area contributed by atoms with Crippen LogP contribution in [0.25, 0.3) is 0 Å². The summed E-state index contributed by atoms with van der Waals surface area (Å²) >= 11 is 6.16. The van der Waals surface area contributed by atoms with E-state index in [1.54, 1.807) is 0 Å². The predicted molar refractivity (Wildman–Crippen MR) is 100 cm³/mol. The first-order valence-electron chi connectivity index (χ1n) is 8.47. The predicted octanol–water partition coefficient (Wildman–Crippen LogP) is 5.14. The third-order valence-corrected chi connectivity index (χ3v) is 4.56. The lowest BCUT2D eigenvalue weighted by Gasteiger charge is -2.15. The fraction of sp³-hybridized carbons (Fsp3) is 0.474. The Morgan fingerprint density at radius 2 is 2.04 bits per heavy atom. The molecule has 2 aromatic rings. The molecule has 1 aromatic carbocycles. The van der Waals surface area contributed by atoms with Crippen molar-refractivity contribution in [3.8, 4) is 5.75 Å². The number of anilines is 1. The Hall–Kier alpha value is -1.81. The highest BCUT2D eigenvalue weighted by molar-refractivity contribution is 6.33. The maximum atomic E-state index is 6.16. The number of aryl methyl sites for hydroxylation is 2. The summed E-state index contributed by atoms with van der Waals surface area (Å²) < 4.78 is 5.87. The van der Waals surface area contributed by atoms with Gasteiger partial charge in [-0.1, -0.05) is 44.0 Å². The van der Waals surface area contributed by atoms with Gasteiger partial charge in [0.05, 0.1) is 12.2 Å². The van der Waals surface area contributed by atoms with Crippen LogP contribution in [0.1, 0.15) is 49.4 Å². The maximum absolute atomic E-state index is 6.16. The molecule has 1 atom stereocenters. The zero-order chi connectivity index (χ0) is 17.5. The van der Waals surface area contributed by atoms with Gasteiger partial charge in [-0.3, -0.25) is 0 Å². The molecule has 130 valence electrons. The van der Waals surface area contributed by atoms with E-state index in [0.717, 1.165) is 11.4 Å². The van der Waals surface area contributed by atoms with E-state index in [2.05, 4.69) is 54.3 Å². The minimum atomic E-state index is 0.546. The molecule has 1 unspecified atom stereocenters. The quantitative estimate of drug-likeness (QED) is 0.671. The Labute approximate surface area is 149 Å². The maximum Gasteiger partial charge on any atom is 0.148 e. The average Bonchev–Trinajstić information content (AvgIpc) is 2.56. The Bertz CT molecular complexity index is 676. The summed E-state index contributed by atoms with van der Waals surface area (Å²) in [6, 6.07) is 6.47. The lowest BCUT2D eigenvalue weighted by molar-refractivity contribution is 0.330. The second kappa shape index (κ2) is 8.88. The molecule has 2 rings (SSSR count). The average molecular weight is 348 g/mol. The molecular formula is C19H26ClN3O. The van der Waals surface area contributed by atoms with Crippen molar-refractivity contribution in [2.75, 3.05) is 18.5 Å². The van der Waals surface area contributed by atoms with Gasteiger partial charge in [-0.2, -0.15) is 0 Å². The first-order valence-corrected chi connectivity index (χ1v) is 8.85. The van der Waals surface area contributed by atoms with Crippen molar-refractivity contribution < 1.29 is 4.74 Å². The molecule has 0 aliphatic carbocycles. The second-order valence-electron chi connectivity index (χ2n) is 6.11. The molecule has 0 aliphatic heterocycles. The van der Waals surface area contributed by atoms with Gasteiger partial charge in [-0.05, 0) is 43.4 Å². The molecule has 0 spiro atoms. The van der Waals surface area contributed by atoms with Gasteiger partial charge in [0.25, 0.3) is 0 Å². The van der Waals surface area contributed by atoms with E-state index in [0.29, 0.717) is 29.9 Å². The molecule has 0 bridgehead atoms. The zero-order valence-electron chi connectivity index (χ0n) is 14.9. The van der Waals surface area contributed by atoms with Crippen LogP contribution in [0.15, 0.2) is 24.5 Å². The number of rotatable bonds is 8. The number of halogens is 1. The van der Waals surface area contributed by atoms with Gasteiger partial charge in [0, 0.05) is 0 Å². The SMILES string of the molecule is CCCC(C)c1ccc(OCCNc2ncnc(C)c2Cl)c(C)c1. The Kier molecular flexibility index (Phi) is 6.85. The largest absolute Gasteiger partial charge is 0.491 e. The molecule has 0 radical (unpaired) electrons. The van der Waals surface area contributed by atoms with E-state index < -0.39 is 0 Å². The summed E-state index contributed by atoms with van der Waals surface area (Å²) in [5.74, 6) is 2.16. The van der Waals surface area contributed by atoms with Crippen molar-refractivity contribution in [2.24, 2.45) is 0 Å². The fourth-order valence-corrected chi connectivity index (χ4v) is 2.82. The van der Waals surface area contributed by atoms with Crippen molar-refractivity contribution in [1.29, 1.82) is 0 Å². The van der Waals surface area contributed by atoms with Crippen molar-refractivity contribution in [2.45, 2.75) is 46.5 Å². The summed E-state index contributed by atoms with van der Waals surface area (Å²) in [5, 5.41) is 3.74. The van der Waals surface area contributed by atoms with E-state index in [9.17, 15) is 0 Å². The summed E-state index contributed by atoms with van der Waals surface area (Å²) in [6.45, 7) is 9.62. The van der Waals surface area contributed by atoms with E-state index >= 15 is 0 Å². The molecule has 1 heterocycles. The van der Waals surface area contributed by atoms with E-state index in [1.807, 2.05) is 6.92 Å². The minimum Gasteiger partial charge on any atom is -0.491 e. The number of nitrogens with zero attached hydrogens (tertiary/aromatic N) is 2. The normalized spacial score (nSPS) is 12.0. The topological polar surface area (TPSA) is 47.0 Å². The van der Waals surface area contributed by atoms with Gasteiger partial charge in [0.1, 0.15) is 29.5 Å². The Balaban J connectivity index is 1.87. The highest BCUT2D eigenvalue weighted by Gasteiger charge is 2.08. The fourth-order valence-electron chi connectivity index (χ4n) is 2.65. The number of hydrogen-bond acceptors (Lipinski definition) is 4. The first-order chi connectivity index (χ1) is 11.5. The number of aromatic nitrogens is 2. The van der Waals surface area contributed by atoms with Crippen molar-refractivity contribution in [1.82, 2.24) is 9.97 Å². The molecule has 0 fully saturated rings.